The molecule has 296 valence electrons. The van der Waals surface area contributed by atoms with Crippen molar-refractivity contribution in [2.24, 2.45) is 0 Å². The molecular formula is C51H60N4O2. The van der Waals surface area contributed by atoms with Crippen molar-refractivity contribution in [2.75, 3.05) is 20.4 Å². The molecule has 8 rings (SSSR count). The lowest BCUT2D eigenvalue weighted by molar-refractivity contribution is 0.0967. The van der Waals surface area contributed by atoms with Crippen LogP contribution in [0, 0.1) is 6.92 Å². The number of benzene rings is 6. The van der Waals surface area contributed by atoms with Gasteiger partial charge in [0.2, 0.25) is 0 Å². The van der Waals surface area contributed by atoms with Gasteiger partial charge in [0.25, 0.3) is 11.8 Å². The topological polar surface area (TPSA) is 64.7 Å². The van der Waals surface area contributed by atoms with Crippen LogP contribution >= 0.6 is 0 Å². The molecule has 2 N–H and O–H groups in total. The zero-order valence-electron chi connectivity index (χ0n) is 34.8. The van der Waals surface area contributed by atoms with Crippen molar-refractivity contribution in [1.82, 2.24) is 0 Å². The number of hydrogen-bond acceptors (Lipinski definition) is 4. The van der Waals surface area contributed by atoms with Crippen molar-refractivity contribution in [3.05, 3.63) is 191 Å². The van der Waals surface area contributed by atoms with E-state index in [-0.39, 0.29) is 37.8 Å². The van der Waals surface area contributed by atoms with Crippen molar-refractivity contribution in [3.63, 3.8) is 0 Å². The zero-order valence-corrected chi connectivity index (χ0v) is 34.8. The maximum atomic E-state index is 13.4. The third-order valence-electron chi connectivity index (χ3n) is 10.4. The number of nitrogens with one attached hydrogen (secondary N) is 2. The fraction of sp³-hybridized carbons (Fsp3) is 0.255. The molecule has 0 radical (unpaired) electrons. The molecule has 2 aliphatic rings. The van der Waals surface area contributed by atoms with Gasteiger partial charge >= 0.3 is 0 Å². The molecule has 0 bridgehead atoms. The van der Waals surface area contributed by atoms with E-state index in [2.05, 4.69) is 132 Å². The molecule has 2 amide bonds. The number of aryl methyl sites for hydroxylation is 1. The Balaban J connectivity index is 0.000000242. The molecule has 6 nitrogen and oxygen atoms in total. The standard InChI is InChI=1S/C25H26N2O.C24H24N2O.C2H6.2H2/c1-17-9-11-18(12-10-17)23-26-22-8-6-5-7-21(22)24(28)27(23)20-15-13-19(14-16-20)25(2,3)4;1-24(2,3)18-13-15-19(16-14-18)26-22(17-9-5-4-6-10-17)25-21-12-8-7-11-20(21)23(26)27;1-2;;/h5-16,23,26H,1-4H3;4-16,22,25H,1-3H3;1-2H3;2*1H. The van der Waals surface area contributed by atoms with Crippen LogP contribution in [-0.2, 0) is 10.8 Å². The summed E-state index contributed by atoms with van der Waals surface area (Å²) in [6, 6.07) is 50.5. The summed E-state index contributed by atoms with van der Waals surface area (Å²) < 4.78 is 0. The molecule has 0 aliphatic carbocycles. The summed E-state index contributed by atoms with van der Waals surface area (Å²) in [5.74, 6) is 0.0325. The summed E-state index contributed by atoms with van der Waals surface area (Å²) in [6.45, 7) is 19.2. The number of rotatable bonds is 4. The highest BCUT2D eigenvalue weighted by molar-refractivity contribution is 6.13. The van der Waals surface area contributed by atoms with Crippen LogP contribution in [0.2, 0.25) is 0 Å². The Kier molecular flexibility index (Phi) is 12.0. The van der Waals surface area contributed by atoms with Gasteiger partial charge in [-0.25, -0.2) is 0 Å². The lowest BCUT2D eigenvalue weighted by atomic mass is 9.87. The van der Waals surface area contributed by atoms with E-state index in [1.807, 2.05) is 103 Å². The summed E-state index contributed by atoms with van der Waals surface area (Å²) in [5, 5.41) is 7.10. The van der Waals surface area contributed by atoms with E-state index in [4.69, 9.17) is 0 Å². The Morgan fingerprint density at radius 2 is 0.807 bits per heavy atom. The predicted octanol–water partition coefficient (Wildman–Crippen LogP) is 13.3. The maximum absolute atomic E-state index is 13.4. The maximum Gasteiger partial charge on any atom is 0.262 e. The minimum absolute atomic E-state index is 0. The normalized spacial score (nSPS) is 16.1. The number of para-hydroxylation sites is 2. The number of fused-ring (bicyclic) bond motifs is 2. The van der Waals surface area contributed by atoms with Crippen LogP contribution in [0.15, 0.2) is 152 Å². The number of amides is 2. The Morgan fingerprint density at radius 1 is 0.456 bits per heavy atom. The van der Waals surface area contributed by atoms with Crippen molar-refractivity contribution < 1.29 is 12.4 Å². The second-order valence-corrected chi connectivity index (χ2v) is 16.5. The summed E-state index contributed by atoms with van der Waals surface area (Å²) in [4.78, 5) is 30.5. The average molecular weight is 761 g/mol. The van der Waals surface area contributed by atoms with Crippen LogP contribution < -0.4 is 20.4 Å². The predicted molar refractivity (Wildman–Crippen MR) is 243 cm³/mol. The van der Waals surface area contributed by atoms with Crippen LogP contribution in [0.25, 0.3) is 0 Å². The Labute approximate surface area is 342 Å². The van der Waals surface area contributed by atoms with E-state index < -0.39 is 0 Å². The molecule has 6 aromatic carbocycles. The van der Waals surface area contributed by atoms with Crippen molar-refractivity contribution in [2.45, 2.75) is 85.5 Å². The lowest BCUT2D eigenvalue weighted by Gasteiger charge is -2.38. The average Bonchev–Trinajstić information content (AvgIpc) is 3.22. The summed E-state index contributed by atoms with van der Waals surface area (Å²) in [7, 11) is 0. The molecule has 57 heavy (non-hydrogen) atoms. The molecule has 0 saturated carbocycles. The molecule has 6 aromatic rings. The second kappa shape index (κ2) is 16.9. The summed E-state index contributed by atoms with van der Waals surface area (Å²) in [6.07, 6.45) is -0.488. The van der Waals surface area contributed by atoms with Gasteiger partial charge in [-0.2, -0.15) is 0 Å². The van der Waals surface area contributed by atoms with E-state index in [0.717, 1.165) is 33.9 Å². The van der Waals surface area contributed by atoms with Gasteiger partial charge in [0.05, 0.1) is 11.1 Å². The lowest BCUT2D eigenvalue weighted by Crippen LogP contribution is -2.43. The smallest absolute Gasteiger partial charge is 0.262 e. The SMILES string of the molecule is CC.CC(C)(C)c1ccc(N2C(=O)c3ccccc3NC2c2ccccc2)cc1.Cc1ccc(C2Nc3ccccc3C(=O)N2c2ccc(C(C)(C)C)cc2)cc1.[HH].[HH]. The highest BCUT2D eigenvalue weighted by Gasteiger charge is 2.35. The van der Waals surface area contributed by atoms with Crippen LogP contribution in [-0.4, -0.2) is 11.8 Å². The van der Waals surface area contributed by atoms with Gasteiger partial charge in [0, 0.05) is 25.6 Å². The minimum Gasteiger partial charge on any atom is -0.360 e. The summed E-state index contributed by atoms with van der Waals surface area (Å²) >= 11 is 0. The molecule has 2 heterocycles. The van der Waals surface area contributed by atoms with E-state index in [0.29, 0.717) is 11.1 Å². The molecule has 2 aliphatic heterocycles. The summed E-state index contributed by atoms with van der Waals surface area (Å²) in [5.41, 5.74) is 10.9. The molecule has 2 unspecified atom stereocenters. The molecule has 2 atom stereocenters. The van der Waals surface area contributed by atoms with E-state index in [1.54, 1.807) is 0 Å². The third-order valence-corrected chi connectivity index (χ3v) is 10.4. The highest BCUT2D eigenvalue weighted by atomic mass is 16.2. The van der Waals surface area contributed by atoms with Crippen LogP contribution in [0.5, 0.6) is 0 Å². The van der Waals surface area contributed by atoms with Crippen LogP contribution in [0.1, 0.15) is 119 Å². The molecule has 0 spiro atoms. The Hall–Kier alpha value is -6.14. The van der Waals surface area contributed by atoms with Gasteiger partial charge in [-0.05, 0) is 88.5 Å². The first-order valence-corrected chi connectivity index (χ1v) is 20.0. The van der Waals surface area contributed by atoms with Crippen LogP contribution in [0.4, 0.5) is 22.7 Å². The molecule has 0 saturated heterocycles. The van der Waals surface area contributed by atoms with E-state index in [9.17, 15) is 9.59 Å². The number of carbonyl (C=O) groups is 2. The van der Waals surface area contributed by atoms with Crippen LogP contribution in [0.3, 0.4) is 0 Å². The van der Waals surface area contributed by atoms with Crippen molar-refractivity contribution in [3.8, 4) is 0 Å². The van der Waals surface area contributed by atoms with E-state index in [1.165, 1.54) is 16.7 Å². The van der Waals surface area contributed by atoms with Gasteiger partial charge in [0.1, 0.15) is 12.3 Å². The van der Waals surface area contributed by atoms with Crippen molar-refractivity contribution in [1.29, 1.82) is 0 Å². The monoisotopic (exact) mass is 760 g/mol. The largest absolute Gasteiger partial charge is 0.360 e. The quantitative estimate of drug-likeness (QED) is 0.188. The molecule has 0 aromatic heterocycles. The van der Waals surface area contributed by atoms with Gasteiger partial charge in [-0.1, -0.05) is 164 Å². The highest BCUT2D eigenvalue weighted by Crippen LogP contribution is 2.39. The molecule has 6 heteroatoms. The van der Waals surface area contributed by atoms with Gasteiger partial charge in [-0.3, -0.25) is 19.4 Å². The van der Waals surface area contributed by atoms with Gasteiger partial charge in [-0.15, -0.1) is 0 Å². The van der Waals surface area contributed by atoms with Gasteiger partial charge < -0.3 is 10.6 Å². The Bertz CT molecular complexity index is 2300. The fourth-order valence-electron chi connectivity index (χ4n) is 7.13. The van der Waals surface area contributed by atoms with Gasteiger partial charge in [0.15, 0.2) is 0 Å². The number of anilines is 4. The second-order valence-electron chi connectivity index (χ2n) is 16.5. The number of hydrogen-bond donors (Lipinski definition) is 2. The third kappa shape index (κ3) is 8.81. The first-order valence-electron chi connectivity index (χ1n) is 20.0. The Morgan fingerprint density at radius 3 is 1.19 bits per heavy atom. The molecule has 0 fully saturated rings. The molecular weight excluding hydrogens is 701 g/mol. The number of nitrogens with zero attached hydrogens (tertiary/aromatic N) is 2. The first kappa shape index (κ1) is 40.5. The fourth-order valence-corrected chi connectivity index (χ4v) is 7.13. The number of carbonyl (C=O) groups excluding carboxylic acids is 2. The zero-order chi connectivity index (χ0) is 40.9. The minimum atomic E-state index is -0.247. The first-order chi connectivity index (χ1) is 27.3. The van der Waals surface area contributed by atoms with Crippen molar-refractivity contribution >= 4 is 34.6 Å². The van der Waals surface area contributed by atoms with E-state index >= 15 is 0 Å².